The van der Waals surface area contributed by atoms with Crippen molar-refractivity contribution in [2.75, 3.05) is 0 Å². The normalized spacial score (nSPS) is 11.9. The van der Waals surface area contributed by atoms with Crippen LogP contribution in [0.2, 0.25) is 0 Å². The van der Waals surface area contributed by atoms with Crippen molar-refractivity contribution in [3.63, 3.8) is 0 Å². The molecule has 0 atom stereocenters. The molecule has 0 saturated carbocycles. The Labute approximate surface area is 109 Å². The number of aromatic nitrogens is 3. The van der Waals surface area contributed by atoms with Gasteiger partial charge in [0.2, 0.25) is 10.0 Å². The number of sulfonamides is 1. The average Bonchev–Trinajstić information content (AvgIpc) is 2.93. The minimum atomic E-state index is -3.77. The Morgan fingerprint density at radius 1 is 1.47 bits per heavy atom. The van der Waals surface area contributed by atoms with Gasteiger partial charge in [-0.05, 0) is 13.8 Å². The first kappa shape index (κ1) is 13.7. The zero-order valence-corrected chi connectivity index (χ0v) is 11.3. The van der Waals surface area contributed by atoms with Crippen LogP contribution >= 0.6 is 0 Å². The summed E-state index contributed by atoms with van der Waals surface area (Å²) in [7, 11) is -3.77. The fourth-order valence-electron chi connectivity index (χ4n) is 1.67. The third-order valence-corrected chi connectivity index (χ3v) is 4.10. The molecule has 0 unspecified atom stereocenters. The quantitative estimate of drug-likeness (QED) is 0.710. The SMILES string of the molecule is Cc1cc(CNS(=O)(=O)c2c(CO)n[nH]c2C)on1. The van der Waals surface area contributed by atoms with E-state index in [2.05, 4.69) is 20.1 Å². The van der Waals surface area contributed by atoms with Crippen molar-refractivity contribution in [3.8, 4) is 0 Å². The van der Waals surface area contributed by atoms with Gasteiger partial charge >= 0.3 is 0 Å². The standard InChI is InChI=1S/C10H14N4O4S/c1-6-3-8(18-14-6)4-11-19(16,17)10-7(2)12-13-9(10)5-15/h3,11,15H,4-5H2,1-2H3,(H,12,13). The highest BCUT2D eigenvalue weighted by Gasteiger charge is 2.24. The van der Waals surface area contributed by atoms with Crippen molar-refractivity contribution < 1.29 is 18.0 Å². The molecule has 0 radical (unpaired) electrons. The van der Waals surface area contributed by atoms with E-state index >= 15 is 0 Å². The molecule has 104 valence electrons. The zero-order chi connectivity index (χ0) is 14.0. The summed E-state index contributed by atoms with van der Waals surface area (Å²) < 4.78 is 31.5. The van der Waals surface area contributed by atoms with Crippen LogP contribution < -0.4 is 4.72 Å². The second-order valence-electron chi connectivity index (χ2n) is 4.04. The van der Waals surface area contributed by atoms with E-state index < -0.39 is 16.6 Å². The monoisotopic (exact) mass is 286 g/mol. The minimum Gasteiger partial charge on any atom is -0.390 e. The predicted molar refractivity (Wildman–Crippen MR) is 64.5 cm³/mol. The number of rotatable bonds is 5. The highest BCUT2D eigenvalue weighted by Crippen LogP contribution is 2.17. The Hall–Kier alpha value is -1.71. The van der Waals surface area contributed by atoms with Gasteiger partial charge in [0.1, 0.15) is 10.6 Å². The van der Waals surface area contributed by atoms with Crippen molar-refractivity contribution in [2.24, 2.45) is 0 Å². The third-order valence-electron chi connectivity index (χ3n) is 2.49. The second kappa shape index (κ2) is 5.11. The number of H-pyrrole nitrogens is 1. The number of hydrogen-bond acceptors (Lipinski definition) is 6. The van der Waals surface area contributed by atoms with E-state index in [1.165, 1.54) is 0 Å². The lowest BCUT2D eigenvalue weighted by molar-refractivity contribution is 0.273. The molecule has 0 saturated heterocycles. The fraction of sp³-hybridized carbons (Fsp3) is 0.400. The average molecular weight is 286 g/mol. The van der Waals surface area contributed by atoms with Gasteiger partial charge < -0.3 is 9.63 Å². The molecule has 0 aliphatic heterocycles. The lowest BCUT2D eigenvalue weighted by Crippen LogP contribution is -2.24. The summed E-state index contributed by atoms with van der Waals surface area (Å²) in [5.41, 5.74) is 1.12. The molecule has 8 nitrogen and oxygen atoms in total. The van der Waals surface area contributed by atoms with E-state index in [1.807, 2.05) is 0 Å². The van der Waals surface area contributed by atoms with E-state index in [0.29, 0.717) is 17.1 Å². The van der Waals surface area contributed by atoms with E-state index in [9.17, 15) is 8.42 Å². The van der Waals surface area contributed by atoms with Crippen molar-refractivity contribution >= 4 is 10.0 Å². The number of nitrogens with zero attached hydrogens (tertiary/aromatic N) is 2. The Morgan fingerprint density at radius 2 is 2.21 bits per heavy atom. The molecule has 0 amide bonds. The van der Waals surface area contributed by atoms with E-state index in [0.717, 1.165) is 0 Å². The molecule has 3 N–H and O–H groups in total. The summed E-state index contributed by atoms with van der Waals surface area (Å²) in [6.45, 7) is 2.84. The molecule has 0 spiro atoms. The number of hydrogen-bond donors (Lipinski definition) is 3. The zero-order valence-electron chi connectivity index (χ0n) is 10.5. The Kier molecular flexibility index (Phi) is 3.69. The van der Waals surface area contributed by atoms with Gasteiger partial charge in [0, 0.05) is 6.07 Å². The van der Waals surface area contributed by atoms with Crippen LogP contribution in [0.15, 0.2) is 15.5 Å². The van der Waals surface area contributed by atoms with Crippen LogP contribution in [0.5, 0.6) is 0 Å². The number of aliphatic hydroxyl groups excluding tert-OH is 1. The minimum absolute atomic E-state index is 0.0152. The molecule has 0 aliphatic carbocycles. The van der Waals surface area contributed by atoms with Gasteiger partial charge in [-0.3, -0.25) is 5.10 Å². The fourth-order valence-corrected chi connectivity index (χ4v) is 3.02. The van der Waals surface area contributed by atoms with Crippen LogP contribution in [0.25, 0.3) is 0 Å². The summed E-state index contributed by atoms with van der Waals surface area (Å²) in [5, 5.41) is 19.0. The lowest BCUT2D eigenvalue weighted by Gasteiger charge is -2.05. The molecule has 0 aliphatic rings. The summed E-state index contributed by atoms with van der Waals surface area (Å²) in [4.78, 5) is -0.0359. The number of aliphatic hydroxyl groups is 1. The van der Waals surface area contributed by atoms with Crippen LogP contribution in [-0.2, 0) is 23.2 Å². The van der Waals surface area contributed by atoms with Crippen LogP contribution in [0.1, 0.15) is 22.8 Å². The van der Waals surface area contributed by atoms with Crippen LogP contribution in [0.3, 0.4) is 0 Å². The number of nitrogens with one attached hydrogen (secondary N) is 2. The topological polar surface area (TPSA) is 121 Å². The van der Waals surface area contributed by atoms with Crippen molar-refractivity contribution in [1.29, 1.82) is 0 Å². The molecular formula is C10H14N4O4S. The number of aryl methyl sites for hydroxylation is 2. The highest BCUT2D eigenvalue weighted by molar-refractivity contribution is 7.89. The molecule has 9 heteroatoms. The van der Waals surface area contributed by atoms with Gasteiger partial charge in [-0.15, -0.1) is 0 Å². The molecule has 2 aromatic heterocycles. The summed E-state index contributed by atoms with van der Waals surface area (Å²) in [6.07, 6.45) is 0. The maximum atomic E-state index is 12.1. The Balaban J connectivity index is 2.20. The van der Waals surface area contributed by atoms with Gasteiger partial charge in [0.25, 0.3) is 0 Å². The highest BCUT2D eigenvalue weighted by atomic mass is 32.2. The van der Waals surface area contributed by atoms with E-state index in [-0.39, 0.29) is 17.1 Å². The molecule has 0 fully saturated rings. The second-order valence-corrected chi connectivity index (χ2v) is 5.75. The van der Waals surface area contributed by atoms with Gasteiger partial charge in [0.05, 0.1) is 24.5 Å². The first-order valence-electron chi connectivity index (χ1n) is 5.50. The maximum absolute atomic E-state index is 12.1. The van der Waals surface area contributed by atoms with Crippen LogP contribution in [-0.4, -0.2) is 28.9 Å². The van der Waals surface area contributed by atoms with Gasteiger partial charge in [-0.2, -0.15) is 5.10 Å². The van der Waals surface area contributed by atoms with Gasteiger partial charge in [-0.25, -0.2) is 13.1 Å². The Morgan fingerprint density at radius 3 is 2.79 bits per heavy atom. The van der Waals surface area contributed by atoms with Gasteiger partial charge in [0.15, 0.2) is 5.76 Å². The molecule has 19 heavy (non-hydrogen) atoms. The summed E-state index contributed by atoms with van der Waals surface area (Å²) >= 11 is 0. The smallest absolute Gasteiger partial charge is 0.244 e. The predicted octanol–water partition coefficient (Wildman–Crippen LogP) is -0.0147. The van der Waals surface area contributed by atoms with Crippen molar-refractivity contribution in [3.05, 3.63) is 28.9 Å². The van der Waals surface area contributed by atoms with Crippen LogP contribution in [0, 0.1) is 13.8 Å². The van der Waals surface area contributed by atoms with E-state index in [1.54, 1.807) is 19.9 Å². The number of aromatic amines is 1. The third kappa shape index (κ3) is 2.83. The first-order valence-corrected chi connectivity index (χ1v) is 6.99. The molecule has 2 aromatic rings. The molecule has 2 heterocycles. The van der Waals surface area contributed by atoms with Crippen molar-refractivity contribution in [1.82, 2.24) is 20.1 Å². The Bertz CT molecular complexity index is 674. The summed E-state index contributed by atoms with van der Waals surface area (Å²) in [6, 6.07) is 1.64. The lowest BCUT2D eigenvalue weighted by atomic mass is 10.4. The first-order chi connectivity index (χ1) is 8.94. The summed E-state index contributed by atoms with van der Waals surface area (Å²) in [5.74, 6) is 0.410. The molecule has 0 aromatic carbocycles. The van der Waals surface area contributed by atoms with Gasteiger partial charge in [-0.1, -0.05) is 5.16 Å². The molecule has 2 rings (SSSR count). The van der Waals surface area contributed by atoms with E-state index in [4.69, 9.17) is 9.63 Å². The maximum Gasteiger partial charge on any atom is 0.244 e. The van der Waals surface area contributed by atoms with Crippen molar-refractivity contribution in [2.45, 2.75) is 31.9 Å². The largest absolute Gasteiger partial charge is 0.390 e. The molecule has 0 bridgehead atoms. The molecular weight excluding hydrogens is 272 g/mol. The van der Waals surface area contributed by atoms with Crippen LogP contribution in [0.4, 0.5) is 0 Å².